The Balaban J connectivity index is 1.55. The Bertz CT molecular complexity index is 655. The molecule has 0 aromatic heterocycles. The maximum Gasteiger partial charge on any atom is 0.129 e. The minimum Gasteiger partial charge on any atom is -0.207 e. The van der Waals surface area contributed by atoms with Crippen LogP contribution in [-0.4, -0.2) is 0 Å². The van der Waals surface area contributed by atoms with Crippen molar-refractivity contribution in [2.24, 2.45) is 11.8 Å². The first-order valence-electron chi connectivity index (χ1n) is 11.0. The first kappa shape index (κ1) is 20.3. The minimum atomic E-state index is -0.405. The maximum atomic E-state index is 14.1. The molecular weight excluding hydrogens is 338 g/mol. The molecule has 0 nitrogen and oxygen atoms in total. The van der Waals surface area contributed by atoms with Gasteiger partial charge in [-0.2, -0.15) is 0 Å². The van der Waals surface area contributed by atoms with Gasteiger partial charge >= 0.3 is 0 Å². The molecule has 148 valence electrons. The maximum absolute atomic E-state index is 14.1. The second kappa shape index (κ2) is 9.66. The van der Waals surface area contributed by atoms with Gasteiger partial charge in [0.2, 0.25) is 0 Å². The van der Waals surface area contributed by atoms with E-state index in [1.54, 1.807) is 6.92 Å². The highest BCUT2D eigenvalue weighted by Crippen LogP contribution is 2.39. The van der Waals surface area contributed by atoms with Gasteiger partial charge in [0.05, 0.1) is 0 Å². The largest absolute Gasteiger partial charge is 0.207 e. The molecule has 0 amide bonds. The summed E-state index contributed by atoms with van der Waals surface area (Å²) in [6.45, 7) is 4.06. The van der Waals surface area contributed by atoms with Gasteiger partial charge in [0.1, 0.15) is 11.6 Å². The van der Waals surface area contributed by atoms with Crippen molar-refractivity contribution in [1.82, 2.24) is 0 Å². The van der Waals surface area contributed by atoms with Crippen LogP contribution in [0.3, 0.4) is 0 Å². The topological polar surface area (TPSA) is 0 Å². The summed E-state index contributed by atoms with van der Waals surface area (Å²) >= 11 is 0. The molecule has 27 heavy (non-hydrogen) atoms. The molecule has 0 heterocycles. The molecule has 0 spiro atoms. The van der Waals surface area contributed by atoms with E-state index in [1.165, 1.54) is 69.1 Å². The zero-order valence-corrected chi connectivity index (χ0v) is 16.9. The molecule has 2 aliphatic carbocycles. The van der Waals surface area contributed by atoms with Crippen molar-refractivity contribution < 1.29 is 8.78 Å². The van der Waals surface area contributed by atoms with Crippen molar-refractivity contribution in [3.8, 4) is 0 Å². The fourth-order valence-corrected chi connectivity index (χ4v) is 4.83. The van der Waals surface area contributed by atoms with E-state index in [2.05, 4.69) is 25.2 Å². The van der Waals surface area contributed by atoms with Crippen LogP contribution in [0.1, 0.15) is 88.7 Å². The van der Waals surface area contributed by atoms with Gasteiger partial charge in [-0.05, 0) is 73.6 Å². The van der Waals surface area contributed by atoms with E-state index >= 15 is 0 Å². The summed E-state index contributed by atoms with van der Waals surface area (Å²) < 4.78 is 28.2. The van der Waals surface area contributed by atoms with Crippen molar-refractivity contribution in [3.63, 3.8) is 0 Å². The lowest BCUT2D eigenvalue weighted by atomic mass is 9.75. The Hall–Kier alpha value is -1.44. The van der Waals surface area contributed by atoms with E-state index in [-0.39, 0.29) is 11.5 Å². The monoisotopic (exact) mass is 372 g/mol. The van der Waals surface area contributed by atoms with Crippen molar-refractivity contribution in [3.05, 3.63) is 58.7 Å². The van der Waals surface area contributed by atoms with Crippen LogP contribution in [0, 0.1) is 23.5 Å². The number of hydrogen-bond acceptors (Lipinski definition) is 0. The Morgan fingerprint density at radius 3 is 2.22 bits per heavy atom. The molecular formula is C25H34F2. The van der Waals surface area contributed by atoms with Crippen LogP contribution < -0.4 is 0 Å². The summed E-state index contributed by atoms with van der Waals surface area (Å²) in [6.07, 6.45) is 18.7. The number of halogens is 2. The standard InChI is InChI=1S/C25H34F2/c1-3-5-6-7-18-8-10-19(11-9-18)20-12-14-21(15-13-20)22-16-24(26)23(4-2)25(27)17-22/h12-14,16-19,21H,3-11,15H2,1-2H3. The van der Waals surface area contributed by atoms with E-state index in [9.17, 15) is 8.78 Å². The van der Waals surface area contributed by atoms with Gasteiger partial charge in [0.25, 0.3) is 0 Å². The van der Waals surface area contributed by atoms with E-state index in [4.69, 9.17) is 0 Å². The van der Waals surface area contributed by atoms with E-state index in [1.807, 2.05) is 0 Å². The molecule has 0 radical (unpaired) electrons. The van der Waals surface area contributed by atoms with Crippen molar-refractivity contribution in [2.75, 3.05) is 0 Å². The number of unbranched alkanes of at least 4 members (excludes halogenated alkanes) is 2. The number of benzene rings is 1. The fourth-order valence-electron chi connectivity index (χ4n) is 4.83. The third-order valence-corrected chi connectivity index (χ3v) is 6.61. The van der Waals surface area contributed by atoms with Gasteiger partial charge in [-0.25, -0.2) is 8.78 Å². The SMILES string of the molecule is CCCCCC1CCC(C2=CCC(c3cc(F)c(CC)c(F)c3)C=C2)CC1. The smallest absolute Gasteiger partial charge is 0.129 e. The van der Waals surface area contributed by atoms with Gasteiger partial charge in [-0.3, -0.25) is 0 Å². The molecule has 1 aromatic rings. The Labute approximate surface area is 163 Å². The van der Waals surface area contributed by atoms with Gasteiger partial charge in [-0.15, -0.1) is 0 Å². The second-order valence-corrected chi connectivity index (χ2v) is 8.44. The molecule has 1 aromatic carbocycles. The quantitative estimate of drug-likeness (QED) is 0.427. The van der Waals surface area contributed by atoms with E-state index in [0.29, 0.717) is 12.3 Å². The third kappa shape index (κ3) is 5.09. The van der Waals surface area contributed by atoms with Gasteiger partial charge in [-0.1, -0.05) is 57.8 Å². The van der Waals surface area contributed by atoms with Crippen LogP contribution in [0.25, 0.3) is 0 Å². The Morgan fingerprint density at radius 2 is 1.67 bits per heavy atom. The van der Waals surface area contributed by atoms with Crippen molar-refractivity contribution >= 4 is 0 Å². The molecule has 0 N–H and O–H groups in total. The number of hydrogen-bond donors (Lipinski definition) is 0. The third-order valence-electron chi connectivity index (χ3n) is 6.61. The molecule has 2 heteroatoms. The molecule has 1 saturated carbocycles. The van der Waals surface area contributed by atoms with Crippen LogP contribution in [0.2, 0.25) is 0 Å². The molecule has 2 aliphatic rings. The predicted octanol–water partition coefficient (Wildman–Crippen LogP) is 7.88. The lowest BCUT2D eigenvalue weighted by molar-refractivity contribution is 0.283. The molecule has 1 fully saturated rings. The molecule has 0 saturated heterocycles. The van der Waals surface area contributed by atoms with Gasteiger partial charge in [0.15, 0.2) is 0 Å². The summed E-state index contributed by atoms with van der Waals surface area (Å²) in [5.41, 5.74) is 2.41. The molecule has 0 bridgehead atoms. The summed E-state index contributed by atoms with van der Waals surface area (Å²) in [7, 11) is 0. The normalized spacial score (nSPS) is 25.5. The molecule has 3 rings (SSSR count). The highest BCUT2D eigenvalue weighted by molar-refractivity contribution is 5.36. The number of allylic oxidation sites excluding steroid dienone is 4. The lowest BCUT2D eigenvalue weighted by Crippen LogP contribution is -2.17. The summed E-state index contributed by atoms with van der Waals surface area (Å²) in [6, 6.07) is 3.05. The predicted molar refractivity (Wildman–Crippen MR) is 110 cm³/mol. The van der Waals surface area contributed by atoms with Crippen LogP contribution in [-0.2, 0) is 6.42 Å². The Kier molecular flexibility index (Phi) is 7.26. The zero-order chi connectivity index (χ0) is 19.2. The van der Waals surface area contributed by atoms with Crippen LogP contribution >= 0.6 is 0 Å². The molecule has 1 unspecified atom stereocenters. The first-order chi connectivity index (χ1) is 13.1. The number of rotatable bonds is 7. The highest BCUT2D eigenvalue weighted by atomic mass is 19.1. The van der Waals surface area contributed by atoms with Crippen LogP contribution in [0.15, 0.2) is 35.9 Å². The van der Waals surface area contributed by atoms with Crippen LogP contribution in [0.4, 0.5) is 8.78 Å². The summed E-state index contributed by atoms with van der Waals surface area (Å²) in [5, 5.41) is 0. The lowest BCUT2D eigenvalue weighted by Gasteiger charge is -2.31. The van der Waals surface area contributed by atoms with Gasteiger partial charge in [0, 0.05) is 11.5 Å². The second-order valence-electron chi connectivity index (χ2n) is 8.44. The zero-order valence-electron chi connectivity index (χ0n) is 16.9. The fraction of sp³-hybridized carbons (Fsp3) is 0.600. The molecule has 1 atom stereocenters. The highest BCUT2D eigenvalue weighted by Gasteiger charge is 2.24. The minimum absolute atomic E-state index is 0.0917. The average Bonchev–Trinajstić information content (AvgIpc) is 2.69. The van der Waals surface area contributed by atoms with Crippen molar-refractivity contribution in [2.45, 2.75) is 84.0 Å². The first-order valence-corrected chi connectivity index (χ1v) is 11.0. The van der Waals surface area contributed by atoms with E-state index < -0.39 is 11.6 Å². The van der Waals surface area contributed by atoms with Gasteiger partial charge < -0.3 is 0 Å². The van der Waals surface area contributed by atoms with Crippen LogP contribution in [0.5, 0.6) is 0 Å². The average molecular weight is 373 g/mol. The Morgan fingerprint density at radius 1 is 0.963 bits per heavy atom. The van der Waals surface area contributed by atoms with E-state index in [0.717, 1.165) is 17.9 Å². The summed E-state index contributed by atoms with van der Waals surface area (Å²) in [4.78, 5) is 0. The summed E-state index contributed by atoms with van der Waals surface area (Å²) in [5.74, 6) is 0.889. The van der Waals surface area contributed by atoms with Crippen molar-refractivity contribution in [1.29, 1.82) is 0 Å². The molecule has 0 aliphatic heterocycles.